The van der Waals surface area contributed by atoms with Crippen molar-refractivity contribution in [3.8, 4) is 0 Å². The highest BCUT2D eigenvalue weighted by Crippen LogP contribution is 2.29. The molecule has 0 aliphatic rings. The largest absolute Gasteiger partial charge is 0.353 e. The van der Waals surface area contributed by atoms with Crippen LogP contribution < -0.4 is 10.6 Å². The van der Waals surface area contributed by atoms with Gasteiger partial charge in [0, 0.05) is 25.1 Å². The van der Waals surface area contributed by atoms with Gasteiger partial charge in [-0.15, -0.1) is 0 Å². The number of hydrogen-bond donors (Lipinski definition) is 2. The predicted octanol–water partition coefficient (Wildman–Crippen LogP) is 4.02. The van der Waals surface area contributed by atoms with Crippen molar-refractivity contribution in [2.24, 2.45) is 5.92 Å². The fourth-order valence-electron chi connectivity index (χ4n) is 2.35. The lowest BCUT2D eigenvalue weighted by Gasteiger charge is -2.15. The Morgan fingerprint density at radius 3 is 2.65 bits per heavy atom. The maximum atomic E-state index is 5.38. The Morgan fingerprint density at radius 2 is 2.00 bits per heavy atom. The van der Waals surface area contributed by atoms with Gasteiger partial charge in [0.2, 0.25) is 5.88 Å². The summed E-state index contributed by atoms with van der Waals surface area (Å²) in [4.78, 5) is 0. The Kier molecular flexibility index (Phi) is 8.35. The standard InChI is InChI=1S/C16H31N3O/c1-5-7-14(9-8-13(3)6-2)15-12-16(20-19-15)18-11-10-17-4/h12-14,17-18H,5-11H2,1-4H3. The summed E-state index contributed by atoms with van der Waals surface area (Å²) < 4.78 is 5.38. The second kappa shape index (κ2) is 9.81. The van der Waals surface area contributed by atoms with Crippen molar-refractivity contribution < 1.29 is 4.52 Å². The summed E-state index contributed by atoms with van der Waals surface area (Å²) in [6, 6.07) is 2.08. The molecule has 20 heavy (non-hydrogen) atoms. The quantitative estimate of drug-likeness (QED) is 0.602. The normalized spacial score (nSPS) is 14.2. The van der Waals surface area contributed by atoms with Crippen LogP contribution in [0.1, 0.15) is 64.5 Å². The fraction of sp³-hybridized carbons (Fsp3) is 0.812. The fourth-order valence-corrected chi connectivity index (χ4v) is 2.35. The van der Waals surface area contributed by atoms with E-state index in [4.69, 9.17) is 4.52 Å². The number of anilines is 1. The predicted molar refractivity (Wildman–Crippen MR) is 85.3 cm³/mol. The summed E-state index contributed by atoms with van der Waals surface area (Å²) in [6.45, 7) is 8.61. The van der Waals surface area contributed by atoms with E-state index in [0.29, 0.717) is 5.92 Å². The first kappa shape index (κ1) is 17.0. The minimum absolute atomic E-state index is 0.539. The second-order valence-electron chi connectivity index (χ2n) is 5.72. The third-order valence-corrected chi connectivity index (χ3v) is 3.96. The molecule has 1 rings (SSSR count). The third kappa shape index (κ3) is 5.95. The van der Waals surface area contributed by atoms with Crippen LogP contribution in [0, 0.1) is 5.92 Å². The van der Waals surface area contributed by atoms with E-state index in [2.05, 4.69) is 42.6 Å². The molecule has 0 aliphatic heterocycles. The molecule has 2 atom stereocenters. The number of aromatic nitrogens is 1. The maximum Gasteiger partial charge on any atom is 0.224 e. The first-order chi connectivity index (χ1) is 9.71. The first-order valence-corrected chi connectivity index (χ1v) is 8.06. The average Bonchev–Trinajstić information content (AvgIpc) is 2.92. The summed E-state index contributed by atoms with van der Waals surface area (Å²) in [7, 11) is 1.94. The molecule has 2 unspecified atom stereocenters. The lowest BCUT2D eigenvalue weighted by Crippen LogP contribution is -2.17. The number of nitrogens with one attached hydrogen (secondary N) is 2. The second-order valence-corrected chi connectivity index (χ2v) is 5.72. The molecule has 4 heteroatoms. The molecule has 1 aromatic heterocycles. The number of nitrogens with zero attached hydrogens (tertiary/aromatic N) is 1. The highest BCUT2D eigenvalue weighted by Gasteiger charge is 2.16. The van der Waals surface area contributed by atoms with E-state index in [1.807, 2.05) is 7.05 Å². The van der Waals surface area contributed by atoms with E-state index in [9.17, 15) is 0 Å². The van der Waals surface area contributed by atoms with Crippen molar-refractivity contribution in [3.05, 3.63) is 11.8 Å². The molecule has 0 fully saturated rings. The molecule has 1 aromatic rings. The van der Waals surface area contributed by atoms with Crippen molar-refractivity contribution in [2.75, 3.05) is 25.5 Å². The van der Waals surface area contributed by atoms with Gasteiger partial charge in [0.15, 0.2) is 0 Å². The van der Waals surface area contributed by atoms with Gasteiger partial charge in [-0.3, -0.25) is 0 Å². The van der Waals surface area contributed by atoms with Gasteiger partial charge >= 0.3 is 0 Å². The van der Waals surface area contributed by atoms with E-state index in [0.717, 1.165) is 30.6 Å². The van der Waals surface area contributed by atoms with Crippen molar-refractivity contribution in [1.29, 1.82) is 0 Å². The highest BCUT2D eigenvalue weighted by atomic mass is 16.5. The Hall–Kier alpha value is -1.03. The van der Waals surface area contributed by atoms with E-state index in [1.165, 1.54) is 32.1 Å². The minimum atomic E-state index is 0.539. The number of hydrogen-bond acceptors (Lipinski definition) is 4. The molecule has 0 radical (unpaired) electrons. The van der Waals surface area contributed by atoms with Gasteiger partial charge < -0.3 is 15.2 Å². The van der Waals surface area contributed by atoms with Crippen LogP contribution in [0.3, 0.4) is 0 Å². The van der Waals surface area contributed by atoms with Crippen LogP contribution in [-0.4, -0.2) is 25.3 Å². The zero-order valence-electron chi connectivity index (χ0n) is 13.5. The maximum absolute atomic E-state index is 5.38. The summed E-state index contributed by atoms with van der Waals surface area (Å²) in [6.07, 6.45) is 6.13. The van der Waals surface area contributed by atoms with Crippen LogP contribution in [0.15, 0.2) is 10.6 Å². The zero-order valence-corrected chi connectivity index (χ0v) is 13.5. The van der Waals surface area contributed by atoms with Crippen molar-refractivity contribution in [3.63, 3.8) is 0 Å². The molecule has 2 N–H and O–H groups in total. The van der Waals surface area contributed by atoms with Gasteiger partial charge in [-0.05, 0) is 25.8 Å². The van der Waals surface area contributed by atoms with Crippen LogP contribution in [0.5, 0.6) is 0 Å². The molecule has 0 aromatic carbocycles. The topological polar surface area (TPSA) is 50.1 Å². The lowest BCUT2D eigenvalue weighted by atomic mass is 9.90. The summed E-state index contributed by atoms with van der Waals surface area (Å²) in [5.41, 5.74) is 1.11. The molecule has 1 heterocycles. The molecule has 0 saturated carbocycles. The van der Waals surface area contributed by atoms with Gasteiger partial charge in [0.25, 0.3) is 0 Å². The van der Waals surface area contributed by atoms with E-state index in [-0.39, 0.29) is 0 Å². The van der Waals surface area contributed by atoms with Crippen molar-refractivity contribution >= 4 is 5.88 Å². The van der Waals surface area contributed by atoms with E-state index < -0.39 is 0 Å². The van der Waals surface area contributed by atoms with E-state index in [1.54, 1.807) is 0 Å². The zero-order chi connectivity index (χ0) is 14.8. The first-order valence-electron chi connectivity index (χ1n) is 8.06. The van der Waals surface area contributed by atoms with Crippen LogP contribution in [0.2, 0.25) is 0 Å². The lowest BCUT2D eigenvalue weighted by molar-refractivity contribution is 0.394. The average molecular weight is 281 g/mol. The summed E-state index contributed by atoms with van der Waals surface area (Å²) in [5, 5.41) is 10.6. The molecule has 0 saturated heterocycles. The molecular weight excluding hydrogens is 250 g/mol. The monoisotopic (exact) mass is 281 g/mol. The number of rotatable bonds is 11. The molecule has 0 bridgehead atoms. The minimum Gasteiger partial charge on any atom is -0.353 e. The summed E-state index contributed by atoms with van der Waals surface area (Å²) in [5.74, 6) is 2.13. The summed E-state index contributed by atoms with van der Waals surface area (Å²) >= 11 is 0. The van der Waals surface area contributed by atoms with Crippen molar-refractivity contribution in [2.45, 2.75) is 58.8 Å². The molecule has 116 valence electrons. The smallest absolute Gasteiger partial charge is 0.224 e. The SMILES string of the molecule is CCCC(CCC(C)CC)c1cc(NCCNC)on1. The third-order valence-electron chi connectivity index (χ3n) is 3.96. The van der Waals surface area contributed by atoms with Crippen LogP contribution in [-0.2, 0) is 0 Å². The Labute approximate surface area is 123 Å². The molecule has 0 spiro atoms. The molecule has 0 aliphatic carbocycles. The van der Waals surface area contributed by atoms with Gasteiger partial charge in [0.05, 0.1) is 5.69 Å². The van der Waals surface area contributed by atoms with Crippen LogP contribution in [0.25, 0.3) is 0 Å². The van der Waals surface area contributed by atoms with Crippen LogP contribution in [0.4, 0.5) is 5.88 Å². The van der Waals surface area contributed by atoms with Crippen molar-refractivity contribution in [1.82, 2.24) is 10.5 Å². The van der Waals surface area contributed by atoms with Gasteiger partial charge in [-0.1, -0.05) is 45.2 Å². The Balaban J connectivity index is 2.52. The van der Waals surface area contributed by atoms with Gasteiger partial charge in [-0.2, -0.15) is 0 Å². The van der Waals surface area contributed by atoms with Gasteiger partial charge in [-0.25, -0.2) is 0 Å². The molecule has 0 amide bonds. The van der Waals surface area contributed by atoms with E-state index >= 15 is 0 Å². The Bertz CT molecular complexity index is 351. The molecular formula is C16H31N3O. The highest BCUT2D eigenvalue weighted by molar-refractivity contribution is 5.32. The number of likely N-dealkylation sites (N-methyl/N-ethyl adjacent to an activating group) is 1. The molecule has 4 nitrogen and oxygen atoms in total. The van der Waals surface area contributed by atoms with Gasteiger partial charge in [0.1, 0.15) is 0 Å². The Morgan fingerprint density at radius 1 is 1.20 bits per heavy atom. The van der Waals surface area contributed by atoms with Crippen LogP contribution >= 0.6 is 0 Å².